The van der Waals surface area contributed by atoms with Crippen LogP contribution in [0.4, 0.5) is 5.69 Å². The van der Waals surface area contributed by atoms with E-state index >= 15 is 0 Å². The van der Waals surface area contributed by atoms with Crippen molar-refractivity contribution in [1.82, 2.24) is 0 Å². The van der Waals surface area contributed by atoms with E-state index in [1.165, 1.54) is 6.08 Å². The van der Waals surface area contributed by atoms with Crippen LogP contribution >= 0.6 is 11.8 Å². The van der Waals surface area contributed by atoms with Crippen molar-refractivity contribution in [3.63, 3.8) is 0 Å². The summed E-state index contributed by atoms with van der Waals surface area (Å²) in [6, 6.07) is 7.72. The first-order chi connectivity index (χ1) is 10.5. The van der Waals surface area contributed by atoms with Gasteiger partial charge in [-0.15, -0.1) is 0 Å². The third-order valence-electron chi connectivity index (χ3n) is 3.50. The van der Waals surface area contributed by atoms with Gasteiger partial charge in [0.2, 0.25) is 5.91 Å². The highest BCUT2D eigenvalue weighted by atomic mass is 32.2. The second-order valence-corrected chi connectivity index (χ2v) is 6.63. The lowest BCUT2D eigenvalue weighted by Crippen LogP contribution is -2.17. The van der Waals surface area contributed by atoms with Gasteiger partial charge >= 0.3 is 0 Å². The molecule has 5 heteroatoms. The monoisotopic (exact) mass is 312 g/mol. The number of rotatable bonds is 3. The molecule has 112 valence electrons. The van der Waals surface area contributed by atoms with E-state index in [0.717, 1.165) is 16.3 Å². The fourth-order valence-electron chi connectivity index (χ4n) is 2.20. The minimum Gasteiger partial charge on any atom is -0.326 e. The number of hydrogen-bond acceptors (Lipinski definition) is 4. The van der Waals surface area contributed by atoms with Crippen LogP contribution in [0.25, 0.3) is 0 Å². The van der Waals surface area contributed by atoms with Crippen LogP contribution in [0.1, 0.15) is 24.7 Å². The second kappa shape index (κ2) is 5.93. The third kappa shape index (κ3) is 2.90. The molecule has 1 amide bonds. The van der Waals surface area contributed by atoms with Crippen LogP contribution < -0.4 is 5.32 Å². The van der Waals surface area contributed by atoms with E-state index in [1.54, 1.807) is 18.0 Å². The van der Waals surface area contributed by atoms with Crippen molar-refractivity contribution in [3.05, 3.63) is 53.8 Å². The summed E-state index contributed by atoms with van der Waals surface area (Å²) < 4.78 is 0. The first kappa shape index (κ1) is 14.8. The average Bonchev–Trinajstić information content (AvgIpc) is 2.93. The molecule has 0 fully saturated rings. The van der Waals surface area contributed by atoms with Crippen molar-refractivity contribution in [3.8, 4) is 0 Å². The van der Waals surface area contributed by atoms with Gasteiger partial charge in [0.1, 0.15) is 5.04 Å². The number of amides is 1. The quantitative estimate of drug-likeness (QED) is 0.929. The van der Waals surface area contributed by atoms with Gasteiger partial charge < -0.3 is 5.32 Å². The van der Waals surface area contributed by atoms with Crippen molar-refractivity contribution in [2.45, 2.75) is 19.1 Å². The largest absolute Gasteiger partial charge is 0.326 e. The average molecular weight is 312 g/mol. The predicted molar refractivity (Wildman–Crippen MR) is 89.9 cm³/mol. The second-order valence-electron chi connectivity index (χ2n) is 5.50. The number of nitrogens with zero attached hydrogens (tertiary/aromatic N) is 1. The summed E-state index contributed by atoms with van der Waals surface area (Å²) in [5.41, 5.74) is 2.56. The molecule has 1 aromatic carbocycles. The first-order valence-electron chi connectivity index (χ1n) is 7.13. The van der Waals surface area contributed by atoms with Crippen molar-refractivity contribution < 1.29 is 9.59 Å². The standard InChI is InChI=1S/C17H16N2O2S/c1-10(2)16(21)19-12-5-3-11(4-6-12)15-9-13-14(20)7-8-18-17(13)22-15/h3-10,15H,1-2H3,(H,19,21). The Morgan fingerprint density at radius 2 is 2.00 bits per heavy atom. The smallest absolute Gasteiger partial charge is 0.226 e. The SMILES string of the molecule is CC(C)C(=O)Nc1ccc(C2C=C3C(=O)C=CN=C3S2)cc1. The number of nitrogens with one attached hydrogen (secondary N) is 1. The molecule has 0 spiro atoms. The van der Waals surface area contributed by atoms with Crippen molar-refractivity contribution in [2.75, 3.05) is 5.32 Å². The van der Waals surface area contributed by atoms with Gasteiger partial charge in [0.15, 0.2) is 5.78 Å². The molecule has 3 rings (SSSR count). The van der Waals surface area contributed by atoms with Crippen LogP contribution in [0, 0.1) is 5.92 Å². The number of fused-ring (bicyclic) bond motifs is 1. The lowest BCUT2D eigenvalue weighted by atomic mass is 10.1. The number of benzene rings is 1. The Morgan fingerprint density at radius 3 is 2.64 bits per heavy atom. The fourth-order valence-corrected chi connectivity index (χ4v) is 3.35. The molecule has 0 bridgehead atoms. The molecule has 0 saturated carbocycles. The summed E-state index contributed by atoms with van der Waals surface area (Å²) in [6.45, 7) is 3.72. The molecule has 0 aromatic heterocycles. The summed E-state index contributed by atoms with van der Waals surface area (Å²) in [4.78, 5) is 27.7. The van der Waals surface area contributed by atoms with E-state index < -0.39 is 0 Å². The zero-order valence-electron chi connectivity index (χ0n) is 12.4. The molecule has 22 heavy (non-hydrogen) atoms. The van der Waals surface area contributed by atoms with Crippen molar-refractivity contribution in [2.24, 2.45) is 10.9 Å². The van der Waals surface area contributed by atoms with Gasteiger partial charge in [-0.1, -0.05) is 43.8 Å². The number of allylic oxidation sites excluding steroid dienone is 1. The normalized spacial score (nSPS) is 19.8. The summed E-state index contributed by atoms with van der Waals surface area (Å²) in [6.07, 6.45) is 4.99. The maximum absolute atomic E-state index is 11.8. The van der Waals surface area contributed by atoms with E-state index in [0.29, 0.717) is 5.57 Å². The maximum Gasteiger partial charge on any atom is 0.226 e. The highest BCUT2D eigenvalue weighted by Gasteiger charge is 2.28. The number of thioether (sulfide) groups is 1. The first-order valence-corrected chi connectivity index (χ1v) is 8.01. The van der Waals surface area contributed by atoms with Gasteiger partial charge in [-0.2, -0.15) is 0 Å². The molecular formula is C17H16N2O2S. The number of aliphatic imine (C=N–C) groups is 1. The Morgan fingerprint density at radius 1 is 1.27 bits per heavy atom. The summed E-state index contributed by atoms with van der Waals surface area (Å²) in [7, 11) is 0. The van der Waals surface area contributed by atoms with Gasteiger partial charge in [-0.3, -0.25) is 9.59 Å². The molecule has 0 aliphatic carbocycles. The van der Waals surface area contributed by atoms with Crippen LogP contribution in [0.15, 0.2) is 53.2 Å². The predicted octanol–water partition coefficient (Wildman–Crippen LogP) is 3.49. The Labute approximate surface area is 133 Å². The lowest BCUT2D eigenvalue weighted by molar-refractivity contribution is -0.119. The molecule has 1 aromatic rings. The number of carbonyl (C=O) groups is 2. The molecule has 0 saturated heterocycles. The summed E-state index contributed by atoms with van der Waals surface area (Å²) in [5.74, 6) is -0.0302. The van der Waals surface area contributed by atoms with E-state index in [-0.39, 0.29) is 22.9 Å². The Kier molecular flexibility index (Phi) is 3.98. The Hall–Kier alpha value is -2.14. The summed E-state index contributed by atoms with van der Waals surface area (Å²) >= 11 is 1.57. The van der Waals surface area contributed by atoms with E-state index in [4.69, 9.17) is 0 Å². The van der Waals surface area contributed by atoms with Crippen LogP contribution in [0.3, 0.4) is 0 Å². The van der Waals surface area contributed by atoms with Crippen molar-refractivity contribution in [1.29, 1.82) is 0 Å². The molecule has 4 nitrogen and oxygen atoms in total. The number of anilines is 1. The Balaban J connectivity index is 1.75. The van der Waals surface area contributed by atoms with Crippen LogP contribution in [-0.4, -0.2) is 16.7 Å². The zero-order valence-corrected chi connectivity index (χ0v) is 13.2. The maximum atomic E-state index is 11.8. The van der Waals surface area contributed by atoms with E-state index in [1.807, 2.05) is 44.2 Å². The highest BCUT2D eigenvalue weighted by molar-refractivity contribution is 8.15. The van der Waals surface area contributed by atoms with Gasteiger partial charge in [0.05, 0.1) is 10.8 Å². The molecule has 1 atom stereocenters. The molecule has 2 aliphatic heterocycles. The number of carbonyl (C=O) groups excluding carboxylic acids is 2. The molecular weight excluding hydrogens is 296 g/mol. The molecule has 0 radical (unpaired) electrons. The molecule has 2 aliphatic rings. The minimum atomic E-state index is -0.0468. The van der Waals surface area contributed by atoms with Gasteiger partial charge in [-0.25, -0.2) is 4.99 Å². The molecule has 1 unspecified atom stereocenters. The Bertz CT molecular complexity index is 715. The van der Waals surface area contributed by atoms with Crippen LogP contribution in [-0.2, 0) is 9.59 Å². The summed E-state index contributed by atoms with van der Waals surface area (Å²) in [5, 5.41) is 3.74. The lowest BCUT2D eigenvalue weighted by Gasteiger charge is -2.10. The topological polar surface area (TPSA) is 58.5 Å². The molecule has 2 heterocycles. The van der Waals surface area contributed by atoms with Crippen molar-refractivity contribution >= 4 is 34.2 Å². The van der Waals surface area contributed by atoms with Crippen LogP contribution in [0.5, 0.6) is 0 Å². The number of hydrogen-bond donors (Lipinski definition) is 1. The van der Waals surface area contributed by atoms with Gasteiger partial charge in [-0.05, 0) is 17.7 Å². The number of ketones is 1. The van der Waals surface area contributed by atoms with E-state index in [2.05, 4.69) is 10.3 Å². The van der Waals surface area contributed by atoms with Gasteiger partial charge in [0, 0.05) is 23.9 Å². The zero-order chi connectivity index (χ0) is 15.7. The van der Waals surface area contributed by atoms with E-state index in [9.17, 15) is 9.59 Å². The fraction of sp³-hybridized carbons (Fsp3) is 0.235. The highest BCUT2D eigenvalue weighted by Crippen LogP contribution is 2.41. The molecule has 1 N–H and O–H groups in total. The third-order valence-corrected chi connectivity index (χ3v) is 4.71. The van der Waals surface area contributed by atoms with Gasteiger partial charge in [0.25, 0.3) is 0 Å². The minimum absolute atomic E-state index is 0.00200. The van der Waals surface area contributed by atoms with Crippen LogP contribution in [0.2, 0.25) is 0 Å².